The van der Waals surface area contributed by atoms with Gasteiger partial charge in [0.1, 0.15) is 10.3 Å². The van der Waals surface area contributed by atoms with Gasteiger partial charge in [0, 0.05) is 0 Å². The number of halogens is 1. The van der Waals surface area contributed by atoms with Gasteiger partial charge < -0.3 is 4.74 Å². The monoisotopic (exact) mass is 266 g/mol. The van der Waals surface area contributed by atoms with E-state index in [4.69, 9.17) is 4.74 Å². The van der Waals surface area contributed by atoms with Gasteiger partial charge in [0.05, 0.1) is 3.79 Å². The van der Waals surface area contributed by atoms with Crippen molar-refractivity contribution in [3.63, 3.8) is 0 Å². The number of ether oxygens (including phenoxy) is 1. The highest BCUT2D eigenvalue weighted by Crippen LogP contribution is 2.23. The van der Waals surface area contributed by atoms with Crippen LogP contribution in [0.3, 0.4) is 0 Å². The second-order valence-electron chi connectivity index (χ2n) is 2.11. The summed E-state index contributed by atoms with van der Waals surface area (Å²) < 4.78 is 5.78. The van der Waals surface area contributed by atoms with Crippen LogP contribution in [0.15, 0.2) is 15.9 Å². The lowest BCUT2D eigenvalue weighted by Gasteiger charge is -2.04. The standard InChI is InChI=1S/C7H7BrO2S2/c1-4(11)10-7(9)5-2-3-6(8)12-5/h2-4,11H,1H3. The first-order valence-electron chi connectivity index (χ1n) is 3.24. The highest BCUT2D eigenvalue weighted by Gasteiger charge is 2.11. The van der Waals surface area contributed by atoms with Crippen LogP contribution < -0.4 is 0 Å². The summed E-state index contributed by atoms with van der Waals surface area (Å²) >= 11 is 8.55. The van der Waals surface area contributed by atoms with E-state index in [1.165, 1.54) is 11.3 Å². The minimum absolute atomic E-state index is 0.326. The molecule has 0 saturated heterocycles. The molecular weight excluding hydrogens is 260 g/mol. The van der Waals surface area contributed by atoms with Crippen LogP contribution in [0, 0.1) is 0 Å². The third kappa shape index (κ3) is 2.80. The largest absolute Gasteiger partial charge is 0.448 e. The molecule has 0 spiro atoms. The fourth-order valence-electron chi connectivity index (χ4n) is 0.637. The Morgan fingerprint density at radius 2 is 2.42 bits per heavy atom. The quantitative estimate of drug-likeness (QED) is 0.506. The Bertz CT molecular complexity index is 283. The number of rotatable bonds is 2. The van der Waals surface area contributed by atoms with Crippen LogP contribution in [0.1, 0.15) is 16.6 Å². The van der Waals surface area contributed by atoms with Gasteiger partial charge in [0.25, 0.3) is 0 Å². The van der Waals surface area contributed by atoms with Crippen molar-refractivity contribution in [2.75, 3.05) is 0 Å². The predicted molar refractivity (Wildman–Crippen MR) is 55.9 cm³/mol. The van der Waals surface area contributed by atoms with Crippen LogP contribution in [0.2, 0.25) is 0 Å². The summed E-state index contributed by atoms with van der Waals surface area (Å²) in [6.45, 7) is 1.70. The molecule has 5 heteroatoms. The second-order valence-corrected chi connectivity index (χ2v) is 5.30. The molecule has 1 unspecified atom stereocenters. The summed E-state index contributed by atoms with van der Waals surface area (Å²) in [5, 5.41) is 0. The molecule has 0 aliphatic carbocycles. The van der Waals surface area contributed by atoms with Crippen molar-refractivity contribution in [3.8, 4) is 0 Å². The maximum absolute atomic E-state index is 11.2. The third-order valence-corrected chi connectivity index (χ3v) is 2.76. The van der Waals surface area contributed by atoms with E-state index in [1.807, 2.05) is 6.07 Å². The van der Waals surface area contributed by atoms with Gasteiger partial charge in [-0.1, -0.05) is 0 Å². The second kappa shape index (κ2) is 4.30. The number of hydrogen-bond donors (Lipinski definition) is 1. The average Bonchev–Trinajstić information content (AvgIpc) is 2.34. The van der Waals surface area contributed by atoms with Gasteiger partial charge in [-0.3, -0.25) is 0 Å². The third-order valence-electron chi connectivity index (χ3n) is 1.05. The van der Waals surface area contributed by atoms with Gasteiger partial charge in [-0.15, -0.1) is 24.0 Å². The van der Waals surface area contributed by atoms with Crippen molar-refractivity contribution in [2.45, 2.75) is 12.4 Å². The molecule has 0 N–H and O–H groups in total. The number of carbonyl (C=O) groups excluding carboxylic acids is 1. The van der Waals surface area contributed by atoms with Crippen LogP contribution in [-0.4, -0.2) is 11.4 Å². The lowest BCUT2D eigenvalue weighted by molar-refractivity contribution is 0.0490. The molecular formula is C7H7BrO2S2. The van der Waals surface area contributed by atoms with E-state index in [2.05, 4.69) is 28.6 Å². The molecule has 1 aromatic rings. The molecule has 66 valence electrons. The Hall–Kier alpha value is -0.0000000000000000833. The zero-order valence-corrected chi connectivity index (χ0v) is 9.58. The molecule has 1 atom stereocenters. The smallest absolute Gasteiger partial charge is 0.349 e. The van der Waals surface area contributed by atoms with Gasteiger partial charge in [0.15, 0.2) is 0 Å². The van der Waals surface area contributed by atoms with Gasteiger partial charge in [0.2, 0.25) is 0 Å². The molecule has 1 rings (SSSR count). The van der Waals surface area contributed by atoms with E-state index in [9.17, 15) is 4.79 Å². The van der Waals surface area contributed by atoms with Gasteiger partial charge >= 0.3 is 5.97 Å². The Labute approximate surface area is 88.5 Å². The zero-order chi connectivity index (χ0) is 9.14. The van der Waals surface area contributed by atoms with Gasteiger partial charge in [-0.2, -0.15) is 0 Å². The summed E-state index contributed by atoms with van der Waals surface area (Å²) in [5.74, 6) is -0.326. The van der Waals surface area contributed by atoms with E-state index in [1.54, 1.807) is 13.0 Å². The molecule has 2 nitrogen and oxygen atoms in total. The van der Waals surface area contributed by atoms with Gasteiger partial charge in [-0.25, -0.2) is 4.79 Å². The normalized spacial score (nSPS) is 12.6. The lowest BCUT2D eigenvalue weighted by atomic mass is 10.5. The molecule has 12 heavy (non-hydrogen) atoms. The molecule has 0 fully saturated rings. The summed E-state index contributed by atoms with van der Waals surface area (Å²) in [4.78, 5) is 11.8. The maximum Gasteiger partial charge on any atom is 0.349 e. The summed E-state index contributed by atoms with van der Waals surface area (Å²) in [5.41, 5.74) is -0.363. The minimum atomic E-state index is -0.363. The molecule has 0 aliphatic rings. The van der Waals surface area contributed by atoms with Crippen molar-refractivity contribution in [3.05, 3.63) is 20.8 Å². The Balaban J connectivity index is 2.65. The first kappa shape index (κ1) is 10.1. The number of thiol groups is 1. The van der Waals surface area contributed by atoms with E-state index < -0.39 is 0 Å². The van der Waals surface area contributed by atoms with Crippen LogP contribution >= 0.6 is 39.9 Å². The van der Waals surface area contributed by atoms with Crippen LogP contribution in [0.4, 0.5) is 0 Å². The first-order chi connectivity index (χ1) is 5.59. The molecule has 1 heterocycles. The highest BCUT2D eigenvalue weighted by atomic mass is 79.9. The van der Waals surface area contributed by atoms with Crippen molar-refractivity contribution in [1.29, 1.82) is 0 Å². The van der Waals surface area contributed by atoms with Crippen molar-refractivity contribution in [1.82, 2.24) is 0 Å². The van der Waals surface area contributed by atoms with Crippen molar-refractivity contribution < 1.29 is 9.53 Å². The molecule has 0 bridgehead atoms. The molecule has 0 amide bonds. The Kier molecular flexibility index (Phi) is 3.61. The first-order valence-corrected chi connectivity index (χ1v) is 5.36. The Morgan fingerprint density at radius 1 is 1.75 bits per heavy atom. The average molecular weight is 267 g/mol. The maximum atomic E-state index is 11.2. The minimum Gasteiger partial charge on any atom is -0.448 e. The summed E-state index contributed by atoms with van der Waals surface area (Å²) in [7, 11) is 0. The number of hydrogen-bond acceptors (Lipinski definition) is 4. The summed E-state index contributed by atoms with van der Waals surface area (Å²) in [6, 6.07) is 3.53. The van der Waals surface area contributed by atoms with Crippen molar-refractivity contribution >= 4 is 45.9 Å². The number of carbonyl (C=O) groups is 1. The number of thiophene rings is 1. The van der Waals surface area contributed by atoms with Crippen LogP contribution in [-0.2, 0) is 4.74 Å². The predicted octanol–water partition coefficient (Wildman–Crippen LogP) is 2.94. The zero-order valence-electron chi connectivity index (χ0n) is 6.28. The van der Waals surface area contributed by atoms with E-state index in [-0.39, 0.29) is 11.4 Å². The topological polar surface area (TPSA) is 26.3 Å². The van der Waals surface area contributed by atoms with E-state index >= 15 is 0 Å². The van der Waals surface area contributed by atoms with Crippen LogP contribution in [0.25, 0.3) is 0 Å². The fraction of sp³-hybridized carbons (Fsp3) is 0.286. The molecule has 1 aromatic heterocycles. The van der Waals surface area contributed by atoms with Gasteiger partial charge in [-0.05, 0) is 35.0 Å². The summed E-state index contributed by atoms with van der Waals surface area (Å²) in [6.07, 6.45) is 0. The molecule has 0 saturated carbocycles. The Morgan fingerprint density at radius 3 is 2.83 bits per heavy atom. The highest BCUT2D eigenvalue weighted by molar-refractivity contribution is 9.11. The fourth-order valence-corrected chi connectivity index (χ4v) is 2.00. The SMILES string of the molecule is CC(S)OC(=O)c1ccc(Br)s1. The molecule has 0 radical (unpaired) electrons. The molecule has 0 aliphatic heterocycles. The van der Waals surface area contributed by atoms with E-state index in [0.29, 0.717) is 4.88 Å². The molecule has 0 aromatic carbocycles. The van der Waals surface area contributed by atoms with Crippen LogP contribution in [0.5, 0.6) is 0 Å². The van der Waals surface area contributed by atoms with E-state index in [0.717, 1.165) is 3.79 Å². The lowest BCUT2D eigenvalue weighted by Crippen LogP contribution is -2.07. The van der Waals surface area contributed by atoms with Crippen molar-refractivity contribution in [2.24, 2.45) is 0 Å². The number of esters is 1.